The number of hydrogen-bond donors (Lipinski definition) is 3. The van der Waals surface area contributed by atoms with Gasteiger partial charge in [0.2, 0.25) is 11.8 Å². The Hall–Kier alpha value is -4.55. The first-order valence-electron chi connectivity index (χ1n) is 14.2. The summed E-state index contributed by atoms with van der Waals surface area (Å²) < 4.78 is 6.08. The van der Waals surface area contributed by atoms with Gasteiger partial charge in [-0.15, -0.1) is 0 Å². The highest BCUT2D eigenvalue weighted by molar-refractivity contribution is 5.96. The molecule has 3 aromatic heterocycles. The van der Waals surface area contributed by atoms with Gasteiger partial charge in [-0.25, -0.2) is 19.7 Å². The SMILES string of the molecule is COC(=O)NC(CC/C=C/C(=O)N(C)C)C(=O)Nc1cccn(Cc2nc3c(CC4CCCCC4)ncnc3[nH]2)c1=O. The second-order valence-electron chi connectivity index (χ2n) is 10.7. The van der Waals surface area contributed by atoms with Gasteiger partial charge in [0.15, 0.2) is 5.65 Å². The number of alkyl carbamates (subject to hydrolysis) is 1. The van der Waals surface area contributed by atoms with Crippen LogP contribution in [0.25, 0.3) is 11.2 Å². The van der Waals surface area contributed by atoms with Crippen LogP contribution in [0, 0.1) is 5.92 Å². The molecule has 0 radical (unpaired) electrons. The summed E-state index contributed by atoms with van der Waals surface area (Å²) in [6.45, 7) is 0.135. The molecule has 1 aliphatic rings. The number of amides is 3. The van der Waals surface area contributed by atoms with E-state index in [1.54, 1.807) is 38.8 Å². The molecule has 1 saturated carbocycles. The Labute approximate surface area is 243 Å². The first-order chi connectivity index (χ1) is 20.2. The van der Waals surface area contributed by atoms with Crippen LogP contribution in [-0.2, 0) is 27.3 Å². The second-order valence-corrected chi connectivity index (χ2v) is 10.7. The summed E-state index contributed by atoms with van der Waals surface area (Å²) in [5, 5.41) is 5.10. The van der Waals surface area contributed by atoms with E-state index in [4.69, 9.17) is 4.98 Å². The summed E-state index contributed by atoms with van der Waals surface area (Å²) in [6, 6.07) is 2.14. The molecule has 0 aliphatic heterocycles. The Morgan fingerprint density at radius 1 is 1.21 bits per heavy atom. The maximum absolute atomic E-state index is 13.3. The smallest absolute Gasteiger partial charge is 0.407 e. The van der Waals surface area contributed by atoms with Crippen molar-refractivity contribution in [3.05, 3.63) is 58.7 Å². The lowest BCUT2D eigenvalue weighted by molar-refractivity contribution is -0.123. The fraction of sp³-hybridized carbons (Fsp3) is 0.483. The van der Waals surface area contributed by atoms with E-state index in [1.807, 2.05) is 0 Å². The van der Waals surface area contributed by atoms with E-state index in [0.717, 1.165) is 12.1 Å². The summed E-state index contributed by atoms with van der Waals surface area (Å²) in [4.78, 5) is 68.1. The molecule has 4 rings (SSSR count). The number of rotatable bonds is 11. The number of aromatic nitrogens is 5. The maximum atomic E-state index is 13.3. The Balaban J connectivity index is 1.46. The van der Waals surface area contributed by atoms with Crippen molar-refractivity contribution in [2.75, 3.05) is 26.5 Å². The molecule has 42 heavy (non-hydrogen) atoms. The zero-order valence-electron chi connectivity index (χ0n) is 24.3. The highest BCUT2D eigenvalue weighted by atomic mass is 16.5. The lowest BCUT2D eigenvalue weighted by Gasteiger charge is -2.20. The van der Waals surface area contributed by atoms with Crippen LogP contribution in [0.3, 0.4) is 0 Å². The van der Waals surface area contributed by atoms with Crippen molar-refractivity contribution in [3.8, 4) is 0 Å². The number of nitrogens with one attached hydrogen (secondary N) is 3. The van der Waals surface area contributed by atoms with Gasteiger partial charge in [-0.3, -0.25) is 14.4 Å². The van der Waals surface area contributed by atoms with E-state index in [2.05, 4.69) is 30.3 Å². The van der Waals surface area contributed by atoms with Gasteiger partial charge < -0.3 is 29.8 Å². The molecule has 13 heteroatoms. The number of allylic oxidation sites excluding steroid dienone is 1. The first-order valence-corrected chi connectivity index (χ1v) is 14.2. The van der Waals surface area contributed by atoms with Crippen LogP contribution in [-0.4, -0.2) is 74.6 Å². The number of pyridine rings is 1. The molecule has 3 N–H and O–H groups in total. The largest absolute Gasteiger partial charge is 0.453 e. The highest BCUT2D eigenvalue weighted by Gasteiger charge is 2.22. The Morgan fingerprint density at radius 3 is 2.74 bits per heavy atom. The predicted octanol–water partition coefficient (Wildman–Crippen LogP) is 2.77. The van der Waals surface area contributed by atoms with Crippen molar-refractivity contribution in [2.24, 2.45) is 5.92 Å². The number of aromatic amines is 1. The van der Waals surface area contributed by atoms with Crippen LogP contribution in [0.1, 0.15) is 56.5 Å². The van der Waals surface area contributed by atoms with Crippen LogP contribution in [0.4, 0.5) is 10.5 Å². The van der Waals surface area contributed by atoms with Crippen molar-refractivity contribution < 1.29 is 19.1 Å². The highest BCUT2D eigenvalue weighted by Crippen LogP contribution is 2.27. The number of nitrogens with zero attached hydrogens (tertiary/aromatic N) is 5. The van der Waals surface area contributed by atoms with Crippen LogP contribution in [0.15, 0.2) is 41.6 Å². The van der Waals surface area contributed by atoms with Crippen molar-refractivity contribution in [3.63, 3.8) is 0 Å². The van der Waals surface area contributed by atoms with Crippen molar-refractivity contribution in [2.45, 2.75) is 64.0 Å². The molecule has 0 aromatic carbocycles. The van der Waals surface area contributed by atoms with Gasteiger partial charge >= 0.3 is 6.09 Å². The van der Waals surface area contributed by atoms with Crippen molar-refractivity contribution >= 4 is 34.8 Å². The summed E-state index contributed by atoms with van der Waals surface area (Å²) in [7, 11) is 4.46. The van der Waals surface area contributed by atoms with Crippen molar-refractivity contribution in [1.29, 1.82) is 0 Å². The number of imidazole rings is 1. The third kappa shape index (κ3) is 8.02. The summed E-state index contributed by atoms with van der Waals surface area (Å²) in [5.41, 5.74) is 1.86. The molecular weight excluding hydrogens is 540 g/mol. The lowest BCUT2D eigenvalue weighted by Crippen LogP contribution is -2.44. The number of likely N-dealkylation sites (N-methyl/N-ethyl adjacent to an activating group) is 1. The summed E-state index contributed by atoms with van der Waals surface area (Å²) >= 11 is 0. The topological polar surface area (TPSA) is 164 Å². The Morgan fingerprint density at radius 2 is 2.00 bits per heavy atom. The zero-order chi connectivity index (χ0) is 30.1. The number of H-pyrrole nitrogens is 1. The Bertz CT molecular complexity index is 1490. The van der Waals surface area contributed by atoms with E-state index >= 15 is 0 Å². The maximum Gasteiger partial charge on any atom is 0.407 e. The fourth-order valence-corrected chi connectivity index (χ4v) is 5.02. The number of anilines is 1. The van der Waals surface area contributed by atoms with Gasteiger partial charge in [0.25, 0.3) is 5.56 Å². The van der Waals surface area contributed by atoms with Gasteiger partial charge in [-0.2, -0.15) is 0 Å². The molecule has 1 aliphatic carbocycles. The van der Waals surface area contributed by atoms with Crippen LogP contribution < -0.4 is 16.2 Å². The second kappa shape index (κ2) is 14.4. The molecule has 3 amide bonds. The minimum atomic E-state index is -0.999. The third-order valence-corrected chi connectivity index (χ3v) is 7.33. The van der Waals surface area contributed by atoms with E-state index in [1.165, 1.54) is 60.8 Å². The van der Waals surface area contributed by atoms with Crippen LogP contribution in [0.2, 0.25) is 0 Å². The van der Waals surface area contributed by atoms with Gasteiger partial charge in [0.1, 0.15) is 29.4 Å². The molecule has 1 fully saturated rings. The number of ether oxygens (including phenoxy) is 1. The zero-order valence-corrected chi connectivity index (χ0v) is 24.3. The summed E-state index contributed by atoms with van der Waals surface area (Å²) in [6.07, 6.45) is 12.9. The molecule has 0 bridgehead atoms. The predicted molar refractivity (Wildman–Crippen MR) is 157 cm³/mol. The van der Waals surface area contributed by atoms with E-state index in [0.29, 0.717) is 29.3 Å². The molecule has 3 heterocycles. The van der Waals surface area contributed by atoms with Gasteiger partial charge in [0, 0.05) is 20.3 Å². The number of fused-ring (bicyclic) bond motifs is 1. The molecule has 1 atom stereocenters. The van der Waals surface area contributed by atoms with Crippen molar-refractivity contribution in [1.82, 2.24) is 34.7 Å². The molecule has 3 aromatic rings. The average molecular weight is 579 g/mol. The Kier molecular flexibility index (Phi) is 10.4. The monoisotopic (exact) mass is 578 g/mol. The van der Waals surface area contributed by atoms with E-state index < -0.39 is 23.6 Å². The van der Waals surface area contributed by atoms with Gasteiger partial charge in [0.05, 0.1) is 19.3 Å². The minimum Gasteiger partial charge on any atom is -0.453 e. The van der Waals surface area contributed by atoms with Crippen LogP contribution >= 0.6 is 0 Å². The molecule has 0 saturated heterocycles. The lowest BCUT2D eigenvalue weighted by atomic mass is 9.86. The fourth-order valence-electron chi connectivity index (χ4n) is 5.02. The quantitative estimate of drug-likeness (QED) is 0.292. The molecular formula is C29H38N8O5. The molecule has 224 valence electrons. The number of carbonyl (C=O) groups is 3. The molecule has 0 spiro atoms. The number of hydrogen-bond acceptors (Lipinski definition) is 8. The van der Waals surface area contributed by atoms with Gasteiger partial charge in [-0.1, -0.05) is 38.2 Å². The number of carbonyl (C=O) groups excluding carboxylic acids is 3. The summed E-state index contributed by atoms with van der Waals surface area (Å²) in [5.74, 6) is 0.354. The molecule has 1 unspecified atom stereocenters. The standard InChI is InChI=1S/C29H38N8O5/c1-36(2)24(38)14-8-7-12-20(33-29(41)42-3)27(39)32-21-13-9-15-37(28(21)40)17-23-34-25-22(30-18-31-26(25)35-23)16-19-10-5-4-6-11-19/h8-9,13-15,18-20H,4-7,10-12,16-17H2,1-3H3,(H,32,39)(H,33,41)(H,30,31,34,35)/b14-8+. The minimum absolute atomic E-state index is 0.0476. The molecule has 13 nitrogen and oxygen atoms in total. The van der Waals surface area contributed by atoms with E-state index in [9.17, 15) is 19.2 Å². The van der Waals surface area contributed by atoms with E-state index in [-0.39, 0.29) is 24.6 Å². The normalized spacial score (nSPS) is 14.5. The van der Waals surface area contributed by atoms with Gasteiger partial charge in [-0.05, 0) is 43.4 Å². The first kappa shape index (κ1) is 30.4. The third-order valence-electron chi connectivity index (χ3n) is 7.33. The number of methoxy groups -OCH3 is 1. The van der Waals surface area contributed by atoms with Crippen LogP contribution in [0.5, 0.6) is 0 Å². The average Bonchev–Trinajstić information content (AvgIpc) is 3.40.